The number of hydroxylamine groups is 4. The molecule has 0 aliphatic heterocycles. The standard InChI is InChI=1S/C40H76NO4/c1-5-8-10-12-14-16-18-20-22-24-26-28-30-32-34-36-39(42)44-41(4,38-7-3)45-40(43)37-35-33-31-29-27-25-23-21-19-17-15-13-11-9-6-2/h20-23H,5-19,24-38H2,1-4H3/q+1/b22-20-,23-21-. The number of carbonyl (C=O) groups is 2. The van der Waals surface area contributed by atoms with Crippen molar-refractivity contribution in [3.05, 3.63) is 24.3 Å². The first-order valence-electron chi connectivity index (χ1n) is 19.6. The van der Waals surface area contributed by atoms with Gasteiger partial charge in [0.15, 0.2) is 13.6 Å². The minimum atomic E-state index is -0.398. The fourth-order valence-corrected chi connectivity index (χ4v) is 5.72. The van der Waals surface area contributed by atoms with Crippen molar-refractivity contribution in [2.24, 2.45) is 0 Å². The average Bonchev–Trinajstić information content (AvgIpc) is 3.01. The molecule has 0 N–H and O–H groups in total. The highest BCUT2D eigenvalue weighted by molar-refractivity contribution is 5.69. The van der Waals surface area contributed by atoms with Gasteiger partial charge in [-0.25, -0.2) is 19.3 Å². The number of hydrogen-bond donors (Lipinski definition) is 0. The Morgan fingerprint density at radius 3 is 1.02 bits per heavy atom. The van der Waals surface area contributed by atoms with Gasteiger partial charge in [0.2, 0.25) is 0 Å². The van der Waals surface area contributed by atoms with Crippen molar-refractivity contribution in [2.45, 2.75) is 207 Å². The zero-order chi connectivity index (χ0) is 33.1. The first kappa shape index (κ1) is 43.4. The summed E-state index contributed by atoms with van der Waals surface area (Å²) in [5.74, 6) is -0.560. The summed E-state index contributed by atoms with van der Waals surface area (Å²) in [6.07, 6.45) is 42.8. The molecular formula is C40H76NO4+. The molecule has 0 aromatic rings. The number of carbonyl (C=O) groups excluding carboxylic acids is 2. The van der Waals surface area contributed by atoms with Crippen LogP contribution in [0.15, 0.2) is 24.3 Å². The van der Waals surface area contributed by atoms with Crippen molar-refractivity contribution < 1.29 is 24.1 Å². The van der Waals surface area contributed by atoms with Crippen molar-refractivity contribution in [2.75, 3.05) is 13.6 Å². The van der Waals surface area contributed by atoms with Crippen LogP contribution < -0.4 is 0 Å². The lowest BCUT2D eigenvalue weighted by atomic mass is 10.1. The Morgan fingerprint density at radius 2 is 0.711 bits per heavy atom. The molecule has 0 aromatic heterocycles. The monoisotopic (exact) mass is 635 g/mol. The molecule has 0 rings (SSSR count). The SMILES string of the molecule is CCCCCCCC/C=C\CCCCCCCC(=O)O[N+](C)(CCC)OC(=O)CCCCCCC/C=C\CCCCCCCC. The maximum absolute atomic E-state index is 12.5. The molecule has 0 aromatic carbocycles. The molecule has 45 heavy (non-hydrogen) atoms. The van der Waals surface area contributed by atoms with E-state index in [-0.39, 0.29) is 11.9 Å². The summed E-state index contributed by atoms with van der Waals surface area (Å²) in [5, 5.41) is 0. The number of unbranched alkanes of at least 4 members (excludes halogenated alkanes) is 22. The van der Waals surface area contributed by atoms with Crippen LogP contribution in [-0.2, 0) is 19.3 Å². The third-order valence-electron chi connectivity index (χ3n) is 8.51. The molecule has 0 amide bonds. The van der Waals surface area contributed by atoms with E-state index < -0.39 is 4.81 Å². The van der Waals surface area contributed by atoms with Gasteiger partial charge in [-0.1, -0.05) is 148 Å². The van der Waals surface area contributed by atoms with Crippen molar-refractivity contribution in [3.8, 4) is 0 Å². The maximum Gasteiger partial charge on any atom is 0.372 e. The van der Waals surface area contributed by atoms with Gasteiger partial charge in [-0.3, -0.25) is 0 Å². The molecule has 0 bridgehead atoms. The van der Waals surface area contributed by atoms with Gasteiger partial charge in [-0.05, 0) is 64.2 Å². The van der Waals surface area contributed by atoms with E-state index in [2.05, 4.69) is 38.2 Å². The van der Waals surface area contributed by atoms with E-state index in [1.54, 1.807) is 7.05 Å². The van der Waals surface area contributed by atoms with Gasteiger partial charge in [-0.15, -0.1) is 0 Å². The van der Waals surface area contributed by atoms with Gasteiger partial charge < -0.3 is 0 Å². The summed E-state index contributed by atoms with van der Waals surface area (Å²) in [6.45, 7) is 7.00. The summed E-state index contributed by atoms with van der Waals surface area (Å²) in [4.78, 5) is 35.9. The second kappa shape index (κ2) is 33.7. The van der Waals surface area contributed by atoms with Gasteiger partial charge >= 0.3 is 11.9 Å². The number of quaternary nitrogens is 1. The second-order valence-electron chi connectivity index (χ2n) is 13.3. The smallest absolute Gasteiger partial charge is 0.245 e. The average molecular weight is 635 g/mol. The zero-order valence-electron chi connectivity index (χ0n) is 30.6. The highest BCUT2D eigenvalue weighted by Gasteiger charge is 2.32. The molecule has 0 saturated carbocycles. The van der Waals surface area contributed by atoms with Crippen LogP contribution >= 0.6 is 0 Å². The Balaban J connectivity index is 3.84. The summed E-state index contributed by atoms with van der Waals surface area (Å²) in [6, 6.07) is 0. The molecule has 0 radical (unpaired) electrons. The van der Waals surface area contributed by atoms with E-state index in [1.807, 2.05) is 6.92 Å². The van der Waals surface area contributed by atoms with Crippen molar-refractivity contribution in [1.82, 2.24) is 0 Å². The molecule has 0 atom stereocenters. The van der Waals surface area contributed by atoms with Crippen LogP contribution in [0.4, 0.5) is 0 Å². The molecule has 0 fully saturated rings. The Morgan fingerprint density at radius 1 is 0.422 bits per heavy atom. The molecule has 5 heteroatoms. The predicted octanol–water partition coefficient (Wildman–Crippen LogP) is 12.8. The van der Waals surface area contributed by atoms with Crippen LogP contribution in [0.1, 0.15) is 207 Å². The maximum atomic E-state index is 12.5. The van der Waals surface area contributed by atoms with E-state index in [1.165, 1.54) is 116 Å². The van der Waals surface area contributed by atoms with Crippen molar-refractivity contribution >= 4 is 11.9 Å². The van der Waals surface area contributed by atoms with Crippen LogP contribution in [0.2, 0.25) is 0 Å². The highest BCUT2D eigenvalue weighted by atomic mass is 17.0. The van der Waals surface area contributed by atoms with E-state index >= 15 is 0 Å². The first-order valence-corrected chi connectivity index (χ1v) is 19.6. The number of hydrogen-bond acceptors (Lipinski definition) is 4. The molecule has 0 heterocycles. The van der Waals surface area contributed by atoms with E-state index in [4.69, 9.17) is 9.68 Å². The zero-order valence-corrected chi connectivity index (χ0v) is 30.6. The third kappa shape index (κ3) is 32.1. The Hall–Kier alpha value is -1.62. The largest absolute Gasteiger partial charge is 0.372 e. The molecule has 5 nitrogen and oxygen atoms in total. The fourth-order valence-electron chi connectivity index (χ4n) is 5.72. The van der Waals surface area contributed by atoms with Crippen LogP contribution in [0.25, 0.3) is 0 Å². The molecular weight excluding hydrogens is 558 g/mol. The number of rotatable bonds is 34. The lowest BCUT2D eigenvalue weighted by Crippen LogP contribution is -2.47. The van der Waals surface area contributed by atoms with Crippen LogP contribution in [0.3, 0.4) is 0 Å². The van der Waals surface area contributed by atoms with Gasteiger partial charge in [-0.2, -0.15) is 0 Å². The summed E-state index contributed by atoms with van der Waals surface area (Å²) >= 11 is 0. The molecule has 264 valence electrons. The molecule has 0 spiro atoms. The molecule has 0 aliphatic rings. The van der Waals surface area contributed by atoms with Gasteiger partial charge in [0.25, 0.3) is 0 Å². The predicted molar refractivity (Wildman–Crippen MR) is 192 cm³/mol. The molecule has 0 saturated heterocycles. The van der Waals surface area contributed by atoms with E-state index in [9.17, 15) is 9.59 Å². The van der Waals surface area contributed by atoms with Crippen LogP contribution in [0.5, 0.6) is 0 Å². The Labute approximate surface area is 280 Å². The van der Waals surface area contributed by atoms with Crippen molar-refractivity contribution in [3.63, 3.8) is 0 Å². The minimum Gasteiger partial charge on any atom is -0.245 e. The second-order valence-corrected chi connectivity index (χ2v) is 13.3. The quantitative estimate of drug-likeness (QED) is 0.0306. The number of allylic oxidation sites excluding steroid dienone is 4. The van der Waals surface area contributed by atoms with Crippen molar-refractivity contribution in [1.29, 1.82) is 0 Å². The molecule has 0 aliphatic carbocycles. The van der Waals surface area contributed by atoms with Gasteiger partial charge in [0.05, 0.1) is 12.8 Å². The topological polar surface area (TPSA) is 52.6 Å². The van der Waals surface area contributed by atoms with Gasteiger partial charge in [0.1, 0.15) is 0 Å². The Kier molecular flexibility index (Phi) is 32.5. The fraction of sp³-hybridized carbons (Fsp3) is 0.850. The summed E-state index contributed by atoms with van der Waals surface area (Å²) < 4.78 is 0. The molecule has 0 unspecified atom stereocenters. The lowest BCUT2D eigenvalue weighted by Gasteiger charge is -2.26. The highest BCUT2D eigenvalue weighted by Crippen LogP contribution is 2.16. The summed E-state index contributed by atoms with van der Waals surface area (Å²) in [5.41, 5.74) is 0. The normalized spacial score (nSPS) is 12.0. The number of nitrogens with zero attached hydrogens (tertiary/aromatic N) is 1. The first-order chi connectivity index (χ1) is 22.0. The minimum absolute atomic E-state index is 0.280. The van der Waals surface area contributed by atoms with E-state index in [0.29, 0.717) is 19.4 Å². The third-order valence-corrected chi connectivity index (χ3v) is 8.51. The van der Waals surface area contributed by atoms with E-state index in [0.717, 1.165) is 57.8 Å². The van der Waals surface area contributed by atoms with Gasteiger partial charge in [0, 0.05) is 11.2 Å². The van der Waals surface area contributed by atoms with Crippen LogP contribution in [-0.4, -0.2) is 30.3 Å². The Bertz CT molecular complexity index is 663. The van der Waals surface area contributed by atoms with Crippen LogP contribution in [0, 0.1) is 0 Å². The summed E-state index contributed by atoms with van der Waals surface area (Å²) in [7, 11) is 1.68. The lowest BCUT2D eigenvalue weighted by molar-refractivity contribution is -1.21.